The van der Waals surface area contributed by atoms with Crippen LogP contribution in [0.1, 0.15) is 10.4 Å². The molecule has 0 spiro atoms. The quantitative estimate of drug-likeness (QED) is 0.787. The summed E-state index contributed by atoms with van der Waals surface area (Å²) in [4.78, 5) is 12.1. The summed E-state index contributed by atoms with van der Waals surface area (Å²) in [5.74, 6) is -0.120. The van der Waals surface area contributed by atoms with Crippen molar-refractivity contribution in [1.29, 1.82) is 0 Å². The first kappa shape index (κ1) is 13.0. The van der Waals surface area contributed by atoms with Crippen molar-refractivity contribution in [1.82, 2.24) is 0 Å². The predicted octanol–water partition coefficient (Wildman–Crippen LogP) is 3.02. The number of rotatable bonds is 4. The molecule has 0 aliphatic heterocycles. The van der Waals surface area contributed by atoms with Crippen molar-refractivity contribution >= 4 is 23.0 Å². The van der Waals surface area contributed by atoms with Crippen molar-refractivity contribution in [2.45, 2.75) is 0 Å². The molecule has 0 radical (unpaired) electrons. The smallest absolute Gasteiger partial charge is 0.255 e. The van der Waals surface area contributed by atoms with Gasteiger partial charge in [-0.05, 0) is 36.4 Å². The van der Waals surface area contributed by atoms with Gasteiger partial charge < -0.3 is 16.0 Å². The monoisotopic (exact) mass is 255 g/mol. The zero-order valence-electron chi connectivity index (χ0n) is 11.0. The van der Waals surface area contributed by atoms with Crippen LogP contribution in [0.5, 0.6) is 0 Å². The largest absolute Gasteiger partial charge is 0.388 e. The van der Waals surface area contributed by atoms with E-state index in [4.69, 9.17) is 0 Å². The van der Waals surface area contributed by atoms with Gasteiger partial charge in [0.2, 0.25) is 0 Å². The van der Waals surface area contributed by atoms with E-state index in [9.17, 15) is 4.79 Å². The molecule has 2 aromatic carbocycles. The number of hydrogen-bond donors (Lipinski definition) is 3. The number of amides is 1. The Kier molecular flexibility index (Phi) is 4.03. The summed E-state index contributed by atoms with van der Waals surface area (Å²) in [5, 5.41) is 8.96. The molecule has 1 amide bonds. The fourth-order valence-electron chi connectivity index (χ4n) is 1.79. The predicted molar refractivity (Wildman–Crippen MR) is 79.9 cm³/mol. The molecule has 0 aliphatic rings. The summed E-state index contributed by atoms with van der Waals surface area (Å²) in [6.45, 7) is 0. The fraction of sp³-hybridized carbons (Fsp3) is 0.133. The van der Waals surface area contributed by atoms with Gasteiger partial charge in [-0.2, -0.15) is 0 Å². The summed E-state index contributed by atoms with van der Waals surface area (Å²) < 4.78 is 0. The van der Waals surface area contributed by atoms with Gasteiger partial charge in [0.15, 0.2) is 0 Å². The average molecular weight is 255 g/mol. The number of para-hydroxylation sites is 2. The zero-order chi connectivity index (χ0) is 13.7. The second kappa shape index (κ2) is 5.91. The highest BCUT2D eigenvalue weighted by Gasteiger charge is 2.07. The van der Waals surface area contributed by atoms with E-state index < -0.39 is 0 Å². The van der Waals surface area contributed by atoms with Gasteiger partial charge in [0.05, 0.1) is 11.4 Å². The molecule has 4 nitrogen and oxygen atoms in total. The van der Waals surface area contributed by atoms with Crippen molar-refractivity contribution in [3.63, 3.8) is 0 Å². The van der Waals surface area contributed by atoms with Crippen molar-refractivity contribution in [2.24, 2.45) is 0 Å². The molecule has 3 N–H and O–H groups in total. The molecule has 2 aromatic rings. The third-order valence-electron chi connectivity index (χ3n) is 2.88. The highest BCUT2D eigenvalue weighted by Crippen LogP contribution is 2.21. The lowest BCUT2D eigenvalue weighted by Crippen LogP contribution is -2.13. The Balaban J connectivity index is 2.16. The molecular weight excluding hydrogens is 238 g/mol. The van der Waals surface area contributed by atoms with E-state index in [1.54, 1.807) is 12.1 Å². The molecule has 0 aromatic heterocycles. The molecule has 0 unspecified atom stereocenters. The molecular formula is C15H17N3O. The number of nitrogens with one attached hydrogen (secondary N) is 3. The van der Waals surface area contributed by atoms with Gasteiger partial charge in [-0.1, -0.05) is 12.1 Å². The maximum absolute atomic E-state index is 12.1. The molecule has 0 atom stereocenters. The Bertz CT molecular complexity index is 564. The SMILES string of the molecule is CNc1ccc(C(=O)Nc2ccccc2NC)cc1. The van der Waals surface area contributed by atoms with Crippen LogP contribution in [0.3, 0.4) is 0 Å². The van der Waals surface area contributed by atoms with Gasteiger partial charge in [-0.3, -0.25) is 4.79 Å². The summed E-state index contributed by atoms with van der Waals surface area (Å²) in [6, 6.07) is 14.9. The molecule has 0 saturated carbocycles. The summed E-state index contributed by atoms with van der Waals surface area (Å²) in [5.41, 5.74) is 3.27. The molecule has 0 heterocycles. The van der Waals surface area contributed by atoms with Gasteiger partial charge >= 0.3 is 0 Å². The van der Waals surface area contributed by atoms with Crippen LogP contribution in [0.2, 0.25) is 0 Å². The maximum Gasteiger partial charge on any atom is 0.255 e. The van der Waals surface area contributed by atoms with Crippen LogP contribution in [0, 0.1) is 0 Å². The van der Waals surface area contributed by atoms with E-state index in [2.05, 4.69) is 16.0 Å². The molecule has 2 rings (SSSR count). The Labute approximate surface area is 112 Å². The van der Waals surface area contributed by atoms with Crippen LogP contribution in [0.25, 0.3) is 0 Å². The Morgan fingerprint density at radius 1 is 0.842 bits per heavy atom. The van der Waals surface area contributed by atoms with Gasteiger partial charge in [-0.25, -0.2) is 0 Å². The van der Waals surface area contributed by atoms with Crippen LogP contribution in [0.15, 0.2) is 48.5 Å². The minimum atomic E-state index is -0.120. The lowest BCUT2D eigenvalue weighted by Gasteiger charge is -2.10. The molecule has 98 valence electrons. The first-order chi connectivity index (χ1) is 9.24. The van der Waals surface area contributed by atoms with Crippen molar-refractivity contribution in [3.05, 3.63) is 54.1 Å². The highest BCUT2D eigenvalue weighted by atomic mass is 16.1. The van der Waals surface area contributed by atoms with E-state index in [-0.39, 0.29) is 5.91 Å². The third kappa shape index (κ3) is 3.04. The van der Waals surface area contributed by atoms with Gasteiger partial charge in [0.1, 0.15) is 0 Å². The normalized spacial score (nSPS) is 9.79. The van der Waals surface area contributed by atoms with Gasteiger partial charge in [0, 0.05) is 25.3 Å². The van der Waals surface area contributed by atoms with Crippen LogP contribution in [-0.4, -0.2) is 20.0 Å². The average Bonchev–Trinajstić information content (AvgIpc) is 2.48. The van der Waals surface area contributed by atoms with E-state index in [0.29, 0.717) is 5.56 Å². The fourth-order valence-corrected chi connectivity index (χ4v) is 1.79. The second-order valence-electron chi connectivity index (χ2n) is 4.08. The number of carbonyl (C=O) groups excluding carboxylic acids is 1. The van der Waals surface area contributed by atoms with Gasteiger partial charge in [0.25, 0.3) is 5.91 Å². The van der Waals surface area contributed by atoms with Gasteiger partial charge in [-0.15, -0.1) is 0 Å². The number of hydrogen-bond acceptors (Lipinski definition) is 3. The van der Waals surface area contributed by atoms with Crippen LogP contribution >= 0.6 is 0 Å². The third-order valence-corrected chi connectivity index (χ3v) is 2.88. The molecule has 0 bridgehead atoms. The molecule has 4 heteroatoms. The number of carbonyl (C=O) groups is 1. The minimum Gasteiger partial charge on any atom is -0.388 e. The molecule has 0 aliphatic carbocycles. The van der Waals surface area contributed by atoms with E-state index in [1.807, 2.05) is 50.5 Å². The lowest BCUT2D eigenvalue weighted by atomic mass is 10.2. The lowest BCUT2D eigenvalue weighted by molar-refractivity contribution is 0.102. The van der Waals surface area contributed by atoms with Crippen molar-refractivity contribution in [3.8, 4) is 0 Å². The maximum atomic E-state index is 12.1. The van der Waals surface area contributed by atoms with Crippen LogP contribution in [0.4, 0.5) is 17.1 Å². The Morgan fingerprint density at radius 3 is 2.05 bits per heavy atom. The summed E-state index contributed by atoms with van der Waals surface area (Å²) in [6.07, 6.45) is 0. The standard InChI is InChI=1S/C15H17N3O/c1-16-12-9-7-11(8-10-12)15(19)18-14-6-4-3-5-13(14)17-2/h3-10,16-17H,1-2H3,(H,18,19). The summed E-state index contributed by atoms with van der Waals surface area (Å²) in [7, 11) is 3.67. The number of benzene rings is 2. The topological polar surface area (TPSA) is 53.2 Å². The molecule has 0 fully saturated rings. The van der Waals surface area contributed by atoms with Crippen molar-refractivity contribution < 1.29 is 4.79 Å². The Hall–Kier alpha value is -2.49. The summed E-state index contributed by atoms with van der Waals surface area (Å²) >= 11 is 0. The molecule has 19 heavy (non-hydrogen) atoms. The number of anilines is 3. The van der Waals surface area contributed by atoms with E-state index in [1.165, 1.54) is 0 Å². The molecule has 0 saturated heterocycles. The second-order valence-corrected chi connectivity index (χ2v) is 4.08. The minimum absolute atomic E-state index is 0.120. The van der Waals surface area contributed by atoms with Crippen LogP contribution < -0.4 is 16.0 Å². The van der Waals surface area contributed by atoms with Crippen LogP contribution in [-0.2, 0) is 0 Å². The van der Waals surface area contributed by atoms with E-state index >= 15 is 0 Å². The van der Waals surface area contributed by atoms with Crippen molar-refractivity contribution in [2.75, 3.05) is 30.0 Å². The zero-order valence-corrected chi connectivity index (χ0v) is 11.0. The first-order valence-corrected chi connectivity index (χ1v) is 6.10. The van der Waals surface area contributed by atoms with E-state index in [0.717, 1.165) is 17.1 Å². The highest BCUT2D eigenvalue weighted by molar-refractivity contribution is 6.06. The first-order valence-electron chi connectivity index (χ1n) is 6.10. The Morgan fingerprint density at radius 2 is 1.47 bits per heavy atom.